The van der Waals surface area contributed by atoms with Crippen LogP contribution >= 0.6 is 11.6 Å². The first-order chi connectivity index (χ1) is 10.1. The van der Waals surface area contributed by atoms with Gasteiger partial charge >= 0.3 is 0 Å². The van der Waals surface area contributed by atoms with Gasteiger partial charge in [0.1, 0.15) is 5.82 Å². The summed E-state index contributed by atoms with van der Waals surface area (Å²) in [6.07, 6.45) is 0. The number of nitrogen functional groups attached to an aromatic ring is 1. The molecule has 1 heterocycles. The lowest BCUT2D eigenvalue weighted by Gasteiger charge is -2.08. The first kappa shape index (κ1) is 13.5. The lowest BCUT2D eigenvalue weighted by atomic mass is 10.1. The van der Waals surface area contributed by atoms with Crippen LogP contribution in [0.1, 0.15) is 5.56 Å². The average Bonchev–Trinajstić information content (AvgIpc) is 2.91. The van der Waals surface area contributed by atoms with E-state index < -0.39 is 5.82 Å². The maximum Gasteiger partial charge on any atom is 0.189 e. The van der Waals surface area contributed by atoms with Crippen LogP contribution in [-0.2, 0) is 0 Å². The highest BCUT2D eigenvalue weighted by atomic mass is 35.5. The van der Waals surface area contributed by atoms with Gasteiger partial charge < -0.3 is 5.73 Å². The molecule has 1 aromatic heterocycles. The molecule has 5 nitrogen and oxygen atoms in total. The minimum atomic E-state index is -0.409. The Labute approximate surface area is 125 Å². The Morgan fingerprint density at radius 3 is 2.71 bits per heavy atom. The van der Waals surface area contributed by atoms with Gasteiger partial charge in [-0.05, 0) is 53.2 Å². The summed E-state index contributed by atoms with van der Waals surface area (Å²) in [6, 6.07) is 9.57. The van der Waals surface area contributed by atoms with E-state index in [0.29, 0.717) is 22.1 Å². The highest BCUT2D eigenvalue weighted by Crippen LogP contribution is 2.27. The van der Waals surface area contributed by atoms with Gasteiger partial charge in [-0.3, -0.25) is 0 Å². The second-order valence-electron chi connectivity index (χ2n) is 4.58. The topological polar surface area (TPSA) is 69.6 Å². The molecule has 106 valence electrons. The van der Waals surface area contributed by atoms with Gasteiger partial charge in [0.15, 0.2) is 5.82 Å². The summed E-state index contributed by atoms with van der Waals surface area (Å²) in [6.45, 7) is 1.91. The monoisotopic (exact) mass is 303 g/mol. The van der Waals surface area contributed by atoms with Gasteiger partial charge in [-0.2, -0.15) is 4.68 Å². The SMILES string of the molecule is Cc1ccc(-n2nnnc2-c2ccc(F)cc2N)cc1Cl. The Morgan fingerprint density at radius 1 is 1.19 bits per heavy atom. The Morgan fingerprint density at radius 2 is 2.00 bits per heavy atom. The predicted octanol–water partition coefficient (Wildman–Crippen LogP) is 3.01. The highest BCUT2D eigenvalue weighted by molar-refractivity contribution is 6.31. The molecule has 0 saturated carbocycles. The van der Waals surface area contributed by atoms with Crippen LogP contribution in [0.3, 0.4) is 0 Å². The molecular formula is C14H11ClFN5. The first-order valence-electron chi connectivity index (χ1n) is 6.16. The molecule has 0 aliphatic rings. The third-order valence-electron chi connectivity index (χ3n) is 3.12. The van der Waals surface area contributed by atoms with Gasteiger partial charge in [0.2, 0.25) is 0 Å². The van der Waals surface area contributed by atoms with Gasteiger partial charge in [0.05, 0.1) is 5.69 Å². The fourth-order valence-corrected chi connectivity index (χ4v) is 2.15. The van der Waals surface area contributed by atoms with E-state index in [9.17, 15) is 4.39 Å². The maximum atomic E-state index is 13.2. The van der Waals surface area contributed by atoms with Gasteiger partial charge in [-0.1, -0.05) is 17.7 Å². The summed E-state index contributed by atoms with van der Waals surface area (Å²) in [4.78, 5) is 0. The van der Waals surface area contributed by atoms with E-state index in [1.54, 1.807) is 12.1 Å². The van der Waals surface area contributed by atoms with E-state index in [0.717, 1.165) is 5.56 Å². The van der Waals surface area contributed by atoms with E-state index >= 15 is 0 Å². The van der Waals surface area contributed by atoms with Crippen LogP contribution in [0, 0.1) is 12.7 Å². The van der Waals surface area contributed by atoms with Crippen molar-refractivity contribution in [2.45, 2.75) is 6.92 Å². The lowest BCUT2D eigenvalue weighted by Crippen LogP contribution is -2.02. The zero-order valence-corrected chi connectivity index (χ0v) is 11.8. The molecule has 0 aliphatic heterocycles. The van der Waals surface area contributed by atoms with Crippen molar-refractivity contribution in [1.82, 2.24) is 20.2 Å². The molecule has 2 N–H and O–H groups in total. The zero-order chi connectivity index (χ0) is 15.0. The van der Waals surface area contributed by atoms with Crippen molar-refractivity contribution in [3.05, 3.63) is 52.8 Å². The lowest BCUT2D eigenvalue weighted by molar-refractivity contribution is 0.628. The smallest absolute Gasteiger partial charge is 0.189 e. The summed E-state index contributed by atoms with van der Waals surface area (Å²) >= 11 is 6.12. The van der Waals surface area contributed by atoms with Crippen LogP contribution in [-0.4, -0.2) is 20.2 Å². The number of aromatic nitrogens is 4. The molecule has 2 aromatic carbocycles. The molecule has 3 aromatic rings. The van der Waals surface area contributed by atoms with E-state index in [2.05, 4.69) is 15.5 Å². The summed E-state index contributed by atoms with van der Waals surface area (Å²) in [5.41, 5.74) is 8.32. The average molecular weight is 304 g/mol. The van der Waals surface area contributed by atoms with Crippen LogP contribution in [0.5, 0.6) is 0 Å². The highest BCUT2D eigenvalue weighted by Gasteiger charge is 2.14. The number of tetrazole rings is 1. The van der Waals surface area contributed by atoms with Crippen molar-refractivity contribution >= 4 is 17.3 Å². The van der Waals surface area contributed by atoms with E-state index in [4.69, 9.17) is 17.3 Å². The molecule has 0 radical (unpaired) electrons. The van der Waals surface area contributed by atoms with Crippen LogP contribution < -0.4 is 5.73 Å². The largest absolute Gasteiger partial charge is 0.398 e. The molecule has 0 unspecified atom stereocenters. The van der Waals surface area contributed by atoms with Crippen LogP contribution in [0.2, 0.25) is 5.02 Å². The number of hydrogen-bond donors (Lipinski definition) is 1. The second kappa shape index (κ2) is 5.14. The number of nitrogens with zero attached hydrogens (tertiary/aromatic N) is 4. The van der Waals surface area contributed by atoms with E-state index in [-0.39, 0.29) is 5.69 Å². The molecule has 0 saturated heterocycles. The number of anilines is 1. The van der Waals surface area contributed by atoms with Crippen molar-refractivity contribution in [3.8, 4) is 17.1 Å². The summed E-state index contributed by atoms with van der Waals surface area (Å²) < 4.78 is 14.7. The van der Waals surface area contributed by atoms with E-state index in [1.807, 2.05) is 19.1 Å². The molecule has 0 amide bonds. The number of benzene rings is 2. The number of aryl methyl sites for hydroxylation is 1. The van der Waals surface area contributed by atoms with Gasteiger partial charge in [-0.15, -0.1) is 5.10 Å². The van der Waals surface area contributed by atoms with Crippen LogP contribution in [0.25, 0.3) is 17.1 Å². The van der Waals surface area contributed by atoms with Crippen LogP contribution in [0.15, 0.2) is 36.4 Å². The number of halogens is 2. The normalized spacial score (nSPS) is 10.8. The Hall–Kier alpha value is -2.47. The van der Waals surface area contributed by atoms with Gasteiger partial charge in [-0.25, -0.2) is 4.39 Å². The van der Waals surface area contributed by atoms with Crippen molar-refractivity contribution < 1.29 is 4.39 Å². The molecule has 0 aliphatic carbocycles. The predicted molar refractivity (Wildman–Crippen MR) is 78.7 cm³/mol. The molecule has 7 heteroatoms. The third-order valence-corrected chi connectivity index (χ3v) is 3.53. The van der Waals surface area contributed by atoms with Crippen molar-refractivity contribution in [2.75, 3.05) is 5.73 Å². The maximum absolute atomic E-state index is 13.2. The molecular weight excluding hydrogens is 293 g/mol. The Kier molecular flexibility index (Phi) is 3.31. The summed E-state index contributed by atoms with van der Waals surface area (Å²) in [5, 5.41) is 12.2. The minimum absolute atomic E-state index is 0.268. The molecule has 21 heavy (non-hydrogen) atoms. The standard InChI is InChI=1S/C14H11ClFN5/c1-8-2-4-10(7-12(8)15)21-14(18-19-20-21)11-5-3-9(16)6-13(11)17/h2-7H,17H2,1H3. The van der Waals surface area contributed by atoms with Crippen molar-refractivity contribution in [2.24, 2.45) is 0 Å². The van der Waals surface area contributed by atoms with Crippen molar-refractivity contribution in [1.29, 1.82) is 0 Å². The van der Waals surface area contributed by atoms with Gasteiger partial charge in [0, 0.05) is 16.3 Å². The van der Waals surface area contributed by atoms with Crippen LogP contribution in [0.4, 0.5) is 10.1 Å². The zero-order valence-electron chi connectivity index (χ0n) is 11.1. The number of nitrogens with two attached hydrogens (primary N) is 1. The molecule has 0 spiro atoms. The number of hydrogen-bond acceptors (Lipinski definition) is 4. The fraction of sp³-hybridized carbons (Fsp3) is 0.0714. The molecule has 3 rings (SSSR count). The molecule has 0 bridgehead atoms. The minimum Gasteiger partial charge on any atom is -0.398 e. The number of rotatable bonds is 2. The van der Waals surface area contributed by atoms with Gasteiger partial charge in [0.25, 0.3) is 0 Å². The molecule has 0 atom stereocenters. The quantitative estimate of drug-likeness (QED) is 0.739. The second-order valence-corrected chi connectivity index (χ2v) is 4.99. The molecule has 0 fully saturated rings. The summed E-state index contributed by atoms with van der Waals surface area (Å²) in [5.74, 6) is 0.0149. The Balaban J connectivity index is 2.14. The first-order valence-corrected chi connectivity index (χ1v) is 6.54. The van der Waals surface area contributed by atoms with E-state index in [1.165, 1.54) is 16.8 Å². The Bertz CT molecular complexity index is 815. The summed E-state index contributed by atoms with van der Waals surface area (Å²) in [7, 11) is 0. The van der Waals surface area contributed by atoms with Crippen molar-refractivity contribution in [3.63, 3.8) is 0 Å². The fourth-order valence-electron chi connectivity index (χ4n) is 1.98. The third kappa shape index (κ3) is 2.45.